The van der Waals surface area contributed by atoms with Crippen LogP contribution in [0.25, 0.3) is 0 Å². The predicted molar refractivity (Wildman–Crippen MR) is 80.9 cm³/mol. The summed E-state index contributed by atoms with van der Waals surface area (Å²) in [4.78, 5) is 0. The molecule has 19 heavy (non-hydrogen) atoms. The zero-order valence-corrected chi connectivity index (χ0v) is 12.9. The number of halogens is 1. The second kappa shape index (κ2) is 6.15. The first-order chi connectivity index (χ1) is 9.03. The smallest absolute Gasteiger partial charge is 0.137 e. The normalized spacial score (nSPS) is 22.2. The topological polar surface area (TPSA) is 21.3 Å². The maximum atomic E-state index is 6.15. The van der Waals surface area contributed by atoms with E-state index < -0.39 is 0 Å². The molecule has 1 aromatic rings. The van der Waals surface area contributed by atoms with Crippen molar-refractivity contribution in [1.82, 2.24) is 5.32 Å². The van der Waals surface area contributed by atoms with E-state index in [9.17, 15) is 0 Å². The zero-order valence-electron chi connectivity index (χ0n) is 12.1. The fourth-order valence-corrected chi connectivity index (χ4v) is 3.21. The van der Waals surface area contributed by atoms with Gasteiger partial charge in [-0.05, 0) is 36.0 Å². The number of methoxy groups -OCH3 is 1. The van der Waals surface area contributed by atoms with E-state index in [0.29, 0.717) is 16.5 Å². The van der Waals surface area contributed by atoms with Gasteiger partial charge in [-0.15, -0.1) is 0 Å². The third kappa shape index (κ3) is 3.64. The molecule has 1 saturated carbocycles. The Morgan fingerprint density at radius 3 is 2.79 bits per heavy atom. The highest BCUT2D eigenvalue weighted by atomic mass is 35.5. The van der Waals surface area contributed by atoms with Crippen molar-refractivity contribution in [1.29, 1.82) is 0 Å². The average molecular weight is 282 g/mol. The molecule has 1 aromatic carbocycles. The quantitative estimate of drug-likeness (QED) is 0.883. The summed E-state index contributed by atoms with van der Waals surface area (Å²) in [5.41, 5.74) is 1.61. The monoisotopic (exact) mass is 281 g/mol. The fraction of sp³-hybridized carbons (Fsp3) is 0.625. The lowest BCUT2D eigenvalue weighted by Crippen LogP contribution is -2.43. The van der Waals surface area contributed by atoms with Gasteiger partial charge in [-0.2, -0.15) is 0 Å². The highest BCUT2D eigenvalue weighted by molar-refractivity contribution is 6.32. The Bertz CT molecular complexity index is 431. The van der Waals surface area contributed by atoms with Crippen LogP contribution in [-0.4, -0.2) is 13.2 Å². The Balaban J connectivity index is 1.96. The van der Waals surface area contributed by atoms with Crippen LogP contribution < -0.4 is 10.1 Å². The van der Waals surface area contributed by atoms with Crippen LogP contribution >= 0.6 is 11.6 Å². The summed E-state index contributed by atoms with van der Waals surface area (Å²) in [6, 6.07) is 6.60. The van der Waals surface area contributed by atoms with Gasteiger partial charge in [-0.1, -0.05) is 44.4 Å². The van der Waals surface area contributed by atoms with Gasteiger partial charge in [0.25, 0.3) is 0 Å². The van der Waals surface area contributed by atoms with Crippen LogP contribution in [0.3, 0.4) is 0 Å². The molecule has 1 atom stereocenters. The molecule has 2 rings (SSSR count). The van der Waals surface area contributed by atoms with E-state index in [2.05, 4.69) is 25.2 Å². The first-order valence-corrected chi connectivity index (χ1v) is 7.46. The van der Waals surface area contributed by atoms with E-state index in [1.165, 1.54) is 31.2 Å². The van der Waals surface area contributed by atoms with Gasteiger partial charge in [-0.3, -0.25) is 0 Å². The van der Waals surface area contributed by atoms with Crippen molar-refractivity contribution >= 4 is 11.6 Å². The van der Waals surface area contributed by atoms with Crippen LogP contribution in [0.1, 0.15) is 45.1 Å². The van der Waals surface area contributed by atoms with Gasteiger partial charge in [0.2, 0.25) is 0 Å². The Morgan fingerprint density at radius 2 is 2.16 bits per heavy atom. The number of hydrogen-bond donors (Lipinski definition) is 1. The van der Waals surface area contributed by atoms with E-state index in [4.69, 9.17) is 16.3 Å². The molecule has 1 aliphatic carbocycles. The van der Waals surface area contributed by atoms with Gasteiger partial charge in [-0.25, -0.2) is 0 Å². The maximum Gasteiger partial charge on any atom is 0.137 e. The molecule has 0 spiro atoms. The van der Waals surface area contributed by atoms with E-state index in [0.717, 1.165) is 12.3 Å². The van der Waals surface area contributed by atoms with Crippen molar-refractivity contribution in [3.63, 3.8) is 0 Å². The summed E-state index contributed by atoms with van der Waals surface area (Å²) in [5, 5.41) is 4.38. The molecule has 0 saturated heterocycles. The molecule has 0 aromatic heterocycles. The van der Waals surface area contributed by atoms with Gasteiger partial charge in [0, 0.05) is 12.6 Å². The third-order valence-corrected chi connectivity index (χ3v) is 4.57. The van der Waals surface area contributed by atoms with Crippen LogP contribution in [0.4, 0.5) is 0 Å². The first kappa shape index (κ1) is 14.7. The Morgan fingerprint density at radius 1 is 1.37 bits per heavy atom. The van der Waals surface area contributed by atoms with Crippen molar-refractivity contribution in [2.75, 3.05) is 7.11 Å². The van der Waals surface area contributed by atoms with Gasteiger partial charge in [0.15, 0.2) is 0 Å². The standard InChI is InChI=1S/C16H24ClNO/c1-16(2)9-5-4-6-15(16)18-11-12-7-8-14(19-3)13(17)10-12/h7-8,10,15,18H,4-6,9,11H2,1-3H3. The Hall–Kier alpha value is -0.730. The van der Waals surface area contributed by atoms with E-state index in [1.54, 1.807) is 7.11 Å². The van der Waals surface area contributed by atoms with E-state index >= 15 is 0 Å². The average Bonchev–Trinajstić information content (AvgIpc) is 2.37. The van der Waals surface area contributed by atoms with Crippen molar-refractivity contribution in [2.24, 2.45) is 5.41 Å². The summed E-state index contributed by atoms with van der Waals surface area (Å²) < 4.78 is 5.18. The second-order valence-corrected chi connectivity index (χ2v) is 6.54. The van der Waals surface area contributed by atoms with Crippen LogP contribution in [0.15, 0.2) is 18.2 Å². The number of rotatable bonds is 4. The van der Waals surface area contributed by atoms with Gasteiger partial charge in [0.1, 0.15) is 5.75 Å². The largest absolute Gasteiger partial charge is 0.495 e. The minimum absolute atomic E-state index is 0.397. The highest BCUT2D eigenvalue weighted by Crippen LogP contribution is 2.35. The SMILES string of the molecule is COc1ccc(CNC2CCCCC2(C)C)cc1Cl. The molecule has 3 heteroatoms. The lowest BCUT2D eigenvalue weighted by molar-refractivity contribution is 0.167. The van der Waals surface area contributed by atoms with Gasteiger partial charge in [0.05, 0.1) is 12.1 Å². The lowest BCUT2D eigenvalue weighted by Gasteiger charge is -2.39. The summed E-state index contributed by atoms with van der Waals surface area (Å²) in [6.07, 6.45) is 5.29. The molecule has 1 N–H and O–H groups in total. The minimum Gasteiger partial charge on any atom is -0.495 e. The lowest BCUT2D eigenvalue weighted by atomic mass is 9.73. The first-order valence-electron chi connectivity index (χ1n) is 7.09. The van der Waals surface area contributed by atoms with Crippen molar-refractivity contribution in [3.05, 3.63) is 28.8 Å². The van der Waals surface area contributed by atoms with E-state index in [-0.39, 0.29) is 0 Å². The van der Waals surface area contributed by atoms with Gasteiger partial charge < -0.3 is 10.1 Å². The molecular formula is C16H24ClNO. The molecule has 0 heterocycles. The van der Waals surface area contributed by atoms with Crippen molar-refractivity contribution in [2.45, 2.75) is 52.1 Å². The maximum absolute atomic E-state index is 6.15. The molecule has 0 aliphatic heterocycles. The van der Waals surface area contributed by atoms with Crippen molar-refractivity contribution in [3.8, 4) is 5.75 Å². The summed E-state index contributed by atoms with van der Waals surface area (Å²) in [5.74, 6) is 0.739. The summed E-state index contributed by atoms with van der Waals surface area (Å²) in [6.45, 7) is 5.60. The van der Waals surface area contributed by atoms with Crippen LogP contribution in [-0.2, 0) is 6.54 Å². The molecule has 1 aliphatic rings. The third-order valence-electron chi connectivity index (χ3n) is 4.28. The highest BCUT2D eigenvalue weighted by Gasteiger charge is 2.31. The Kier molecular flexibility index (Phi) is 4.75. The molecule has 1 fully saturated rings. The molecule has 0 bridgehead atoms. The summed E-state index contributed by atoms with van der Waals surface area (Å²) >= 11 is 6.15. The number of ether oxygens (including phenoxy) is 1. The predicted octanol–water partition coefficient (Wildman–Crippen LogP) is 4.41. The molecule has 1 unspecified atom stereocenters. The molecule has 0 radical (unpaired) electrons. The fourth-order valence-electron chi connectivity index (χ4n) is 2.93. The number of benzene rings is 1. The van der Waals surface area contributed by atoms with Crippen LogP contribution in [0.2, 0.25) is 5.02 Å². The summed E-state index contributed by atoms with van der Waals surface area (Å²) in [7, 11) is 1.64. The molecule has 0 amide bonds. The molecule has 2 nitrogen and oxygen atoms in total. The molecule has 106 valence electrons. The second-order valence-electron chi connectivity index (χ2n) is 6.14. The minimum atomic E-state index is 0.397. The number of hydrogen-bond acceptors (Lipinski definition) is 2. The van der Waals surface area contributed by atoms with E-state index in [1.807, 2.05) is 12.1 Å². The Labute approximate surface area is 121 Å². The van der Waals surface area contributed by atoms with Crippen LogP contribution in [0, 0.1) is 5.41 Å². The van der Waals surface area contributed by atoms with Crippen LogP contribution in [0.5, 0.6) is 5.75 Å². The molecular weight excluding hydrogens is 258 g/mol. The zero-order chi connectivity index (χ0) is 13.9. The van der Waals surface area contributed by atoms with Gasteiger partial charge >= 0.3 is 0 Å². The number of nitrogens with one attached hydrogen (secondary N) is 1. The van der Waals surface area contributed by atoms with Crippen molar-refractivity contribution < 1.29 is 4.74 Å².